The van der Waals surface area contributed by atoms with Crippen molar-refractivity contribution < 1.29 is 22.4 Å². The molecule has 0 spiro atoms. The molecule has 0 aliphatic carbocycles. The third-order valence-electron chi connectivity index (χ3n) is 2.50. The first-order valence-electron chi connectivity index (χ1n) is 5.43. The maximum Gasteiger partial charge on any atom is 0.261 e. The minimum Gasteiger partial charge on any atom is -0.314 e. The van der Waals surface area contributed by atoms with Gasteiger partial charge in [0.25, 0.3) is 5.91 Å². The third-order valence-corrected chi connectivity index (χ3v) is 2.50. The Balaban J connectivity index is 2.37. The first-order chi connectivity index (χ1) is 10.4. The van der Waals surface area contributed by atoms with E-state index in [9.17, 15) is 22.4 Å². The predicted octanol–water partition coefficient (Wildman–Crippen LogP) is 1.96. The van der Waals surface area contributed by atoms with Crippen molar-refractivity contribution in [3.05, 3.63) is 46.3 Å². The second-order valence-corrected chi connectivity index (χ2v) is 3.83. The zero-order valence-electron chi connectivity index (χ0n) is 10.3. The van der Waals surface area contributed by atoms with Gasteiger partial charge in [-0.25, -0.2) is 22.5 Å². The Morgan fingerprint density at radius 2 is 1.82 bits per heavy atom. The van der Waals surface area contributed by atoms with Gasteiger partial charge >= 0.3 is 0 Å². The number of carbonyl (C=O) groups is 1. The Hall–Kier alpha value is -3.40. The number of benzene rings is 1. The number of nitriles is 2. The van der Waals surface area contributed by atoms with Crippen molar-refractivity contribution in [2.45, 2.75) is 0 Å². The molecule has 0 fully saturated rings. The van der Waals surface area contributed by atoms with Gasteiger partial charge in [-0.15, -0.1) is 0 Å². The molecule has 1 aromatic heterocycles. The minimum absolute atomic E-state index is 0.169. The van der Waals surface area contributed by atoms with Crippen LogP contribution in [0.5, 0.6) is 0 Å². The van der Waals surface area contributed by atoms with E-state index in [2.05, 4.69) is 9.97 Å². The largest absolute Gasteiger partial charge is 0.314 e. The van der Waals surface area contributed by atoms with Crippen LogP contribution < -0.4 is 5.32 Å². The quantitative estimate of drug-likeness (QED) is 0.502. The fourth-order valence-corrected chi connectivity index (χ4v) is 1.51. The lowest BCUT2D eigenvalue weighted by atomic mass is 10.1. The third kappa shape index (κ3) is 2.45. The molecular weight excluding hydrogens is 306 g/mol. The van der Waals surface area contributed by atoms with Crippen LogP contribution in [0.2, 0.25) is 0 Å². The van der Waals surface area contributed by atoms with Gasteiger partial charge in [-0.3, -0.25) is 10.1 Å². The molecule has 2 aromatic rings. The summed E-state index contributed by atoms with van der Waals surface area (Å²) in [5, 5.41) is 19.2. The molecular formula is C12H3F4N5O. The number of anilines is 1. The molecule has 0 bridgehead atoms. The Bertz CT molecular complexity index is 830. The van der Waals surface area contributed by atoms with Gasteiger partial charge in [0.15, 0.2) is 34.7 Å². The number of halogens is 4. The molecule has 6 nitrogen and oxygen atoms in total. The van der Waals surface area contributed by atoms with Crippen molar-refractivity contribution in [1.29, 1.82) is 10.5 Å². The van der Waals surface area contributed by atoms with Crippen molar-refractivity contribution in [2.24, 2.45) is 0 Å². The molecule has 0 atom stereocenters. The van der Waals surface area contributed by atoms with Crippen molar-refractivity contribution in [1.82, 2.24) is 9.97 Å². The predicted molar refractivity (Wildman–Crippen MR) is 62.2 cm³/mol. The minimum atomic E-state index is -2.14. The highest BCUT2D eigenvalue weighted by atomic mass is 19.2. The van der Waals surface area contributed by atoms with Crippen molar-refractivity contribution in [3.63, 3.8) is 0 Å². The monoisotopic (exact) mass is 309 g/mol. The van der Waals surface area contributed by atoms with Crippen LogP contribution in [-0.4, -0.2) is 15.9 Å². The molecule has 0 radical (unpaired) electrons. The van der Waals surface area contributed by atoms with Crippen LogP contribution in [0.4, 0.5) is 23.5 Å². The molecule has 110 valence electrons. The first kappa shape index (κ1) is 15.0. The summed E-state index contributed by atoms with van der Waals surface area (Å²) in [5.74, 6) is -9.59. The number of hydrogen-bond donors (Lipinski definition) is 2. The number of amides is 1. The second-order valence-electron chi connectivity index (χ2n) is 3.83. The summed E-state index contributed by atoms with van der Waals surface area (Å²) < 4.78 is 52.3. The summed E-state index contributed by atoms with van der Waals surface area (Å²) >= 11 is 0. The number of aromatic amines is 1. The van der Waals surface area contributed by atoms with Crippen molar-refractivity contribution in [2.75, 3.05) is 5.32 Å². The van der Waals surface area contributed by atoms with Gasteiger partial charge in [-0.2, -0.15) is 10.5 Å². The smallest absolute Gasteiger partial charge is 0.261 e. The van der Waals surface area contributed by atoms with Crippen LogP contribution >= 0.6 is 0 Å². The summed E-state index contributed by atoms with van der Waals surface area (Å²) in [6, 6.07) is 3.31. The fraction of sp³-hybridized carbons (Fsp3) is 0. The van der Waals surface area contributed by atoms with Gasteiger partial charge in [-0.1, -0.05) is 0 Å². The Labute approximate surface area is 119 Å². The summed E-state index contributed by atoms with van der Waals surface area (Å²) in [7, 11) is 0. The van der Waals surface area contributed by atoms with E-state index in [1.807, 2.05) is 5.32 Å². The molecule has 0 saturated carbocycles. The highest BCUT2D eigenvalue weighted by Crippen LogP contribution is 2.19. The number of nitrogens with zero attached hydrogens (tertiary/aromatic N) is 3. The highest BCUT2D eigenvalue weighted by Gasteiger charge is 2.24. The number of nitrogens with one attached hydrogen (secondary N) is 2. The maximum absolute atomic E-state index is 13.4. The van der Waals surface area contributed by atoms with Crippen LogP contribution in [0.1, 0.15) is 21.7 Å². The maximum atomic E-state index is 13.4. The molecule has 22 heavy (non-hydrogen) atoms. The van der Waals surface area contributed by atoms with E-state index in [-0.39, 0.29) is 17.5 Å². The number of rotatable bonds is 2. The van der Waals surface area contributed by atoms with Crippen LogP contribution in [0.25, 0.3) is 0 Å². The van der Waals surface area contributed by atoms with E-state index < -0.39 is 40.7 Å². The van der Waals surface area contributed by atoms with E-state index in [0.717, 1.165) is 0 Å². The first-order valence-corrected chi connectivity index (χ1v) is 5.43. The zero-order valence-corrected chi connectivity index (χ0v) is 10.3. The standard InChI is InChI=1S/C12H3F4N5O/c13-5-1-4(8(14)10(16)9(5)15)11(22)21-12-19-6(2-17)7(3-18)20-12/h1H,(H2,19,20,21,22). The molecule has 0 unspecified atom stereocenters. The lowest BCUT2D eigenvalue weighted by Crippen LogP contribution is -2.17. The van der Waals surface area contributed by atoms with Crippen LogP contribution in [-0.2, 0) is 0 Å². The number of hydrogen-bond acceptors (Lipinski definition) is 4. The Kier molecular flexibility index (Phi) is 3.77. The molecule has 0 aliphatic rings. The lowest BCUT2D eigenvalue weighted by Gasteiger charge is -2.05. The van der Waals surface area contributed by atoms with E-state index in [1.165, 1.54) is 0 Å². The van der Waals surface area contributed by atoms with Gasteiger partial charge in [0, 0.05) is 0 Å². The number of H-pyrrole nitrogens is 1. The zero-order chi connectivity index (χ0) is 16.4. The van der Waals surface area contributed by atoms with E-state index in [1.54, 1.807) is 12.1 Å². The van der Waals surface area contributed by atoms with Crippen LogP contribution in [0.15, 0.2) is 6.07 Å². The molecule has 1 heterocycles. The van der Waals surface area contributed by atoms with E-state index >= 15 is 0 Å². The lowest BCUT2D eigenvalue weighted by molar-refractivity contribution is 0.102. The fourth-order valence-electron chi connectivity index (χ4n) is 1.51. The highest BCUT2D eigenvalue weighted by molar-refractivity contribution is 6.03. The molecule has 0 aliphatic heterocycles. The average Bonchev–Trinajstić information content (AvgIpc) is 2.90. The molecule has 0 saturated heterocycles. The molecule has 10 heteroatoms. The summed E-state index contributed by atoms with van der Waals surface area (Å²) in [5.41, 5.74) is -1.71. The summed E-state index contributed by atoms with van der Waals surface area (Å²) in [6.07, 6.45) is 0. The normalized spacial score (nSPS) is 9.91. The van der Waals surface area contributed by atoms with Crippen molar-refractivity contribution in [3.8, 4) is 12.1 Å². The Morgan fingerprint density at radius 3 is 2.36 bits per heavy atom. The van der Waals surface area contributed by atoms with Crippen LogP contribution in [0.3, 0.4) is 0 Å². The molecule has 2 rings (SSSR count). The van der Waals surface area contributed by atoms with Gasteiger partial charge in [-0.05, 0) is 6.07 Å². The SMILES string of the molecule is N#Cc1nc(NC(=O)c2cc(F)c(F)c(F)c2F)[nH]c1C#N. The summed E-state index contributed by atoms with van der Waals surface area (Å²) in [6.45, 7) is 0. The van der Waals surface area contributed by atoms with E-state index in [4.69, 9.17) is 10.5 Å². The van der Waals surface area contributed by atoms with Gasteiger partial charge < -0.3 is 4.98 Å². The Morgan fingerprint density at radius 1 is 1.14 bits per heavy atom. The number of aromatic nitrogens is 2. The second kappa shape index (κ2) is 5.54. The molecule has 1 amide bonds. The average molecular weight is 309 g/mol. The van der Waals surface area contributed by atoms with Gasteiger partial charge in [0.2, 0.25) is 5.95 Å². The van der Waals surface area contributed by atoms with E-state index in [0.29, 0.717) is 0 Å². The van der Waals surface area contributed by atoms with Crippen LogP contribution in [0, 0.1) is 45.9 Å². The number of imidazole rings is 1. The molecule has 1 aromatic carbocycles. The topological polar surface area (TPSA) is 105 Å². The van der Waals surface area contributed by atoms with Gasteiger partial charge in [0.1, 0.15) is 12.1 Å². The number of carbonyl (C=O) groups excluding carboxylic acids is 1. The summed E-state index contributed by atoms with van der Waals surface area (Å²) in [4.78, 5) is 17.4. The van der Waals surface area contributed by atoms with Crippen molar-refractivity contribution >= 4 is 11.9 Å². The molecule has 2 N–H and O–H groups in total. The van der Waals surface area contributed by atoms with Gasteiger partial charge in [0.05, 0.1) is 5.56 Å².